The Bertz CT molecular complexity index is 328. The molecule has 0 aliphatic carbocycles. The molecule has 0 aliphatic rings. The molecule has 0 rings (SSSR count). The Morgan fingerprint density at radius 1 is 1.50 bits per heavy atom. The van der Waals surface area contributed by atoms with E-state index in [1.165, 1.54) is 0 Å². The fourth-order valence-electron chi connectivity index (χ4n) is 0.838. The van der Waals surface area contributed by atoms with Crippen LogP contribution in [0.1, 0.15) is 26.2 Å². The number of rotatable bonds is 6. The SMILES string of the molecule is CC(C(=O)O)S(=O)(=O)CCCCC#N. The monoisotopic (exact) mass is 219 g/mol. The van der Waals surface area contributed by atoms with Crippen molar-refractivity contribution < 1.29 is 18.3 Å². The number of sulfone groups is 1. The van der Waals surface area contributed by atoms with Crippen LogP contribution in [0.25, 0.3) is 0 Å². The number of carbonyl (C=O) groups is 1. The smallest absolute Gasteiger partial charge is 0.321 e. The predicted molar refractivity (Wildman–Crippen MR) is 50.3 cm³/mol. The largest absolute Gasteiger partial charge is 0.480 e. The molecule has 1 N–H and O–H groups in total. The third-order valence-corrected chi connectivity index (χ3v) is 3.99. The van der Waals surface area contributed by atoms with Crippen LogP contribution in [0.2, 0.25) is 0 Å². The van der Waals surface area contributed by atoms with E-state index in [1.54, 1.807) is 0 Å². The molecule has 0 heterocycles. The molecule has 80 valence electrons. The third-order valence-electron chi connectivity index (χ3n) is 1.85. The molecule has 0 aliphatic heterocycles. The van der Waals surface area contributed by atoms with Crippen molar-refractivity contribution in [2.45, 2.75) is 31.4 Å². The van der Waals surface area contributed by atoms with Gasteiger partial charge in [-0.15, -0.1) is 0 Å². The topological polar surface area (TPSA) is 95.2 Å². The third kappa shape index (κ3) is 4.23. The number of unbranched alkanes of at least 4 members (excludes halogenated alkanes) is 2. The summed E-state index contributed by atoms with van der Waals surface area (Å²) in [5, 5.41) is 15.3. The second kappa shape index (κ2) is 5.60. The predicted octanol–water partition coefficient (Wildman–Crippen LogP) is 0.568. The van der Waals surface area contributed by atoms with Crippen LogP contribution in [0.4, 0.5) is 0 Å². The van der Waals surface area contributed by atoms with E-state index in [2.05, 4.69) is 0 Å². The van der Waals surface area contributed by atoms with Crippen molar-refractivity contribution >= 4 is 15.8 Å². The number of hydrogen-bond acceptors (Lipinski definition) is 4. The van der Waals surface area contributed by atoms with E-state index < -0.39 is 21.1 Å². The molecule has 14 heavy (non-hydrogen) atoms. The highest BCUT2D eigenvalue weighted by molar-refractivity contribution is 7.92. The lowest BCUT2D eigenvalue weighted by atomic mass is 10.3. The van der Waals surface area contributed by atoms with Crippen LogP contribution in [-0.4, -0.2) is 30.5 Å². The van der Waals surface area contributed by atoms with Crippen LogP contribution in [0.5, 0.6) is 0 Å². The highest BCUT2D eigenvalue weighted by Gasteiger charge is 2.26. The summed E-state index contributed by atoms with van der Waals surface area (Å²) in [5.41, 5.74) is 0. The first kappa shape index (κ1) is 12.9. The van der Waals surface area contributed by atoms with Gasteiger partial charge in [-0.25, -0.2) is 8.42 Å². The van der Waals surface area contributed by atoms with Crippen LogP contribution >= 0.6 is 0 Å². The Hall–Kier alpha value is -1.09. The van der Waals surface area contributed by atoms with Gasteiger partial charge in [-0.1, -0.05) is 0 Å². The second-order valence-electron chi connectivity index (χ2n) is 2.96. The van der Waals surface area contributed by atoms with Crippen molar-refractivity contribution in [2.24, 2.45) is 0 Å². The number of nitriles is 1. The molecule has 1 unspecified atom stereocenters. The lowest BCUT2D eigenvalue weighted by molar-refractivity contribution is -0.136. The number of hydrogen-bond donors (Lipinski definition) is 1. The Kier molecular flexibility index (Phi) is 5.16. The highest BCUT2D eigenvalue weighted by Crippen LogP contribution is 2.06. The van der Waals surface area contributed by atoms with Crippen LogP contribution in [0, 0.1) is 11.3 Å². The molecule has 0 bridgehead atoms. The molecular formula is C8H13NO4S. The standard InChI is InChI=1S/C8H13NO4S/c1-7(8(10)11)14(12,13)6-4-2-3-5-9/h7H,2-4,6H2,1H3,(H,10,11). The minimum atomic E-state index is -3.55. The number of nitrogens with zero attached hydrogens (tertiary/aromatic N) is 1. The zero-order valence-corrected chi connectivity index (χ0v) is 8.75. The first-order chi connectivity index (χ1) is 6.41. The maximum absolute atomic E-state index is 11.3. The molecule has 0 radical (unpaired) electrons. The van der Waals surface area contributed by atoms with Crippen LogP contribution in [0.3, 0.4) is 0 Å². The molecular weight excluding hydrogens is 206 g/mol. The molecule has 0 saturated carbocycles. The van der Waals surface area contributed by atoms with Gasteiger partial charge < -0.3 is 5.11 Å². The van der Waals surface area contributed by atoms with E-state index in [4.69, 9.17) is 10.4 Å². The minimum absolute atomic E-state index is 0.165. The molecule has 0 amide bonds. The molecule has 0 aromatic heterocycles. The highest BCUT2D eigenvalue weighted by atomic mass is 32.2. The summed E-state index contributed by atoms with van der Waals surface area (Å²) in [5.74, 6) is -1.49. The molecule has 1 atom stereocenters. The summed E-state index contributed by atoms with van der Waals surface area (Å²) in [6.07, 6.45) is 1.13. The maximum Gasteiger partial charge on any atom is 0.321 e. The van der Waals surface area contributed by atoms with Gasteiger partial charge in [0.05, 0.1) is 11.8 Å². The summed E-state index contributed by atoms with van der Waals surface area (Å²) < 4.78 is 22.5. The van der Waals surface area contributed by atoms with Crippen molar-refractivity contribution in [3.05, 3.63) is 0 Å². The van der Waals surface area contributed by atoms with Gasteiger partial charge in [0.1, 0.15) is 0 Å². The van der Waals surface area contributed by atoms with E-state index in [1.807, 2.05) is 6.07 Å². The van der Waals surface area contributed by atoms with E-state index in [-0.39, 0.29) is 5.75 Å². The van der Waals surface area contributed by atoms with Crippen LogP contribution in [0.15, 0.2) is 0 Å². The lowest BCUT2D eigenvalue weighted by Gasteiger charge is -2.07. The van der Waals surface area contributed by atoms with Gasteiger partial charge in [-0.2, -0.15) is 5.26 Å². The molecule has 5 nitrogen and oxygen atoms in total. The fourth-order valence-corrected chi connectivity index (χ4v) is 2.10. The van der Waals surface area contributed by atoms with Gasteiger partial charge in [-0.05, 0) is 19.8 Å². The average Bonchev–Trinajstić information content (AvgIpc) is 2.11. The van der Waals surface area contributed by atoms with Crippen molar-refractivity contribution in [3.63, 3.8) is 0 Å². The van der Waals surface area contributed by atoms with E-state index in [9.17, 15) is 13.2 Å². The van der Waals surface area contributed by atoms with E-state index in [0.717, 1.165) is 6.92 Å². The van der Waals surface area contributed by atoms with Gasteiger partial charge >= 0.3 is 5.97 Å². The van der Waals surface area contributed by atoms with Gasteiger partial charge in [0, 0.05) is 6.42 Å². The summed E-state index contributed by atoms with van der Waals surface area (Å²) in [6.45, 7) is 1.15. The summed E-state index contributed by atoms with van der Waals surface area (Å²) in [6, 6.07) is 1.89. The summed E-state index contributed by atoms with van der Waals surface area (Å²) >= 11 is 0. The lowest BCUT2D eigenvalue weighted by Crippen LogP contribution is -2.29. The van der Waals surface area contributed by atoms with Crippen LogP contribution < -0.4 is 0 Å². The average molecular weight is 219 g/mol. The van der Waals surface area contributed by atoms with E-state index >= 15 is 0 Å². The van der Waals surface area contributed by atoms with Crippen molar-refractivity contribution in [1.29, 1.82) is 5.26 Å². The molecule has 0 fully saturated rings. The molecule has 0 saturated heterocycles. The Morgan fingerprint density at radius 2 is 2.07 bits per heavy atom. The first-order valence-corrected chi connectivity index (χ1v) is 5.94. The van der Waals surface area contributed by atoms with Crippen molar-refractivity contribution in [1.82, 2.24) is 0 Å². The quantitative estimate of drug-likeness (QED) is 0.659. The van der Waals surface area contributed by atoms with E-state index in [0.29, 0.717) is 19.3 Å². The number of carboxylic acid groups (broad SMARTS) is 1. The zero-order chi connectivity index (χ0) is 11.2. The molecule has 0 spiro atoms. The van der Waals surface area contributed by atoms with Crippen LogP contribution in [-0.2, 0) is 14.6 Å². The fraction of sp³-hybridized carbons (Fsp3) is 0.750. The normalized spacial score (nSPS) is 13.1. The molecule has 0 aromatic rings. The summed E-state index contributed by atoms with van der Waals surface area (Å²) in [4.78, 5) is 10.4. The first-order valence-electron chi connectivity index (χ1n) is 4.23. The van der Waals surface area contributed by atoms with Crippen molar-refractivity contribution in [3.8, 4) is 6.07 Å². The summed E-state index contributed by atoms with van der Waals surface area (Å²) in [7, 11) is -3.55. The Morgan fingerprint density at radius 3 is 2.50 bits per heavy atom. The Labute approximate surface area is 83.3 Å². The number of carboxylic acids is 1. The second-order valence-corrected chi connectivity index (χ2v) is 5.40. The van der Waals surface area contributed by atoms with Gasteiger partial charge in [-0.3, -0.25) is 4.79 Å². The van der Waals surface area contributed by atoms with Crippen molar-refractivity contribution in [2.75, 3.05) is 5.75 Å². The maximum atomic E-state index is 11.3. The van der Waals surface area contributed by atoms with Gasteiger partial charge in [0.15, 0.2) is 15.1 Å². The van der Waals surface area contributed by atoms with Gasteiger partial charge in [0.2, 0.25) is 0 Å². The Balaban J connectivity index is 4.10. The zero-order valence-electron chi connectivity index (χ0n) is 7.93. The number of aliphatic carboxylic acids is 1. The minimum Gasteiger partial charge on any atom is -0.480 e. The molecule has 0 aromatic carbocycles. The molecule has 6 heteroatoms. The van der Waals surface area contributed by atoms with Gasteiger partial charge in [0.25, 0.3) is 0 Å².